The van der Waals surface area contributed by atoms with Crippen molar-refractivity contribution in [2.24, 2.45) is 16.0 Å². The lowest BCUT2D eigenvalue weighted by Gasteiger charge is -2.17. The Labute approximate surface area is 77.9 Å². The highest BCUT2D eigenvalue weighted by atomic mass is 16.3. The standard InChI is InChI=1S/C8H15N4O/c1-6(2)3-7(4-13)11-8-9-5-10-12-8/h5-7,13H,3-4H2,1-2H3,(H,11,12). The van der Waals surface area contributed by atoms with Crippen molar-refractivity contribution in [2.75, 3.05) is 6.61 Å². The van der Waals surface area contributed by atoms with Gasteiger partial charge >= 0.3 is 0 Å². The normalized spacial score (nSPS) is 17.1. The number of aliphatic imine (C=N–C) groups is 1. The third-order valence-corrected chi connectivity index (χ3v) is 1.69. The molecular formula is C8H15N4O. The number of aliphatic hydroxyl groups excluding tert-OH is 1. The molecule has 0 aromatic carbocycles. The van der Waals surface area contributed by atoms with Gasteiger partial charge in [0, 0.05) is 0 Å². The molecule has 13 heavy (non-hydrogen) atoms. The van der Waals surface area contributed by atoms with E-state index in [2.05, 4.69) is 34.7 Å². The Hall–Kier alpha value is -1.10. The number of nitrogens with one attached hydrogen (secondary N) is 1. The molecule has 0 fully saturated rings. The maximum Gasteiger partial charge on any atom is 0.244 e. The first-order chi connectivity index (χ1) is 6.22. The van der Waals surface area contributed by atoms with Crippen molar-refractivity contribution >= 4 is 12.3 Å². The minimum atomic E-state index is 0.0178. The molecule has 0 saturated carbocycles. The van der Waals surface area contributed by atoms with Gasteiger partial charge in [-0.25, -0.2) is 0 Å². The van der Waals surface area contributed by atoms with Crippen molar-refractivity contribution in [1.82, 2.24) is 10.7 Å². The second kappa shape index (κ2) is 4.81. The van der Waals surface area contributed by atoms with Crippen LogP contribution >= 0.6 is 0 Å². The van der Waals surface area contributed by atoms with Gasteiger partial charge in [0.15, 0.2) is 0 Å². The van der Waals surface area contributed by atoms with Gasteiger partial charge in [-0.3, -0.25) is 0 Å². The number of hydrogen-bond acceptors (Lipinski definition) is 4. The van der Waals surface area contributed by atoms with Gasteiger partial charge in [0.2, 0.25) is 5.96 Å². The number of hydrogen-bond donors (Lipinski definition) is 2. The summed E-state index contributed by atoms with van der Waals surface area (Å²) < 4.78 is 0. The van der Waals surface area contributed by atoms with Gasteiger partial charge < -0.3 is 10.4 Å². The van der Waals surface area contributed by atoms with Crippen molar-refractivity contribution in [3.63, 3.8) is 0 Å². The molecule has 1 radical (unpaired) electrons. The number of rotatable bonds is 4. The highest BCUT2D eigenvalue weighted by Crippen LogP contribution is 2.04. The van der Waals surface area contributed by atoms with E-state index in [9.17, 15) is 0 Å². The molecule has 0 amide bonds. The highest BCUT2D eigenvalue weighted by Gasteiger charge is 2.12. The predicted octanol–water partition coefficient (Wildman–Crippen LogP) is -0.0997. The van der Waals surface area contributed by atoms with Crippen LogP contribution in [0.2, 0.25) is 0 Å². The average Bonchev–Trinajstić information content (AvgIpc) is 2.55. The van der Waals surface area contributed by atoms with Crippen molar-refractivity contribution in [3.8, 4) is 0 Å². The van der Waals surface area contributed by atoms with E-state index in [4.69, 9.17) is 5.11 Å². The summed E-state index contributed by atoms with van der Waals surface area (Å²) in [6, 6.07) is 0.0178. The molecule has 2 N–H and O–H groups in total. The molecule has 1 heterocycles. The van der Waals surface area contributed by atoms with E-state index >= 15 is 0 Å². The molecule has 0 spiro atoms. The van der Waals surface area contributed by atoms with Crippen LogP contribution in [0.4, 0.5) is 0 Å². The summed E-state index contributed by atoms with van der Waals surface area (Å²) in [5.74, 6) is 1.02. The molecule has 0 saturated heterocycles. The van der Waals surface area contributed by atoms with E-state index in [1.54, 1.807) is 0 Å². The molecule has 0 aromatic rings. The van der Waals surface area contributed by atoms with Crippen LogP contribution in [0.3, 0.4) is 0 Å². The summed E-state index contributed by atoms with van der Waals surface area (Å²) in [4.78, 5) is 3.87. The first-order valence-electron chi connectivity index (χ1n) is 4.40. The van der Waals surface area contributed by atoms with E-state index in [0.29, 0.717) is 11.9 Å². The molecule has 0 aromatic heterocycles. The fraction of sp³-hybridized carbons (Fsp3) is 0.750. The summed E-state index contributed by atoms with van der Waals surface area (Å²) >= 11 is 0. The molecule has 5 nitrogen and oxygen atoms in total. The zero-order valence-electron chi connectivity index (χ0n) is 7.94. The Morgan fingerprint density at radius 2 is 2.31 bits per heavy atom. The van der Waals surface area contributed by atoms with Gasteiger partial charge in [-0.1, -0.05) is 13.8 Å². The number of aliphatic hydroxyl groups is 1. The quantitative estimate of drug-likeness (QED) is 0.639. The van der Waals surface area contributed by atoms with Crippen molar-refractivity contribution in [1.29, 1.82) is 0 Å². The summed E-state index contributed by atoms with van der Waals surface area (Å²) in [6.45, 7) is 4.30. The molecule has 0 bridgehead atoms. The maximum absolute atomic E-state index is 9.04. The van der Waals surface area contributed by atoms with Gasteiger partial charge in [-0.05, 0) is 12.3 Å². The van der Waals surface area contributed by atoms with Crippen LogP contribution in [0.25, 0.3) is 0 Å². The summed E-state index contributed by atoms with van der Waals surface area (Å²) in [5, 5.41) is 15.8. The van der Waals surface area contributed by atoms with E-state index in [1.165, 1.54) is 6.34 Å². The van der Waals surface area contributed by atoms with Crippen molar-refractivity contribution in [3.05, 3.63) is 0 Å². The Morgan fingerprint density at radius 3 is 2.77 bits per heavy atom. The minimum absolute atomic E-state index is 0.0178. The van der Waals surface area contributed by atoms with Crippen LogP contribution in [-0.4, -0.2) is 30.1 Å². The molecule has 5 heteroatoms. The summed E-state index contributed by atoms with van der Waals surface area (Å²) in [7, 11) is 0. The molecule has 1 aliphatic heterocycles. The first kappa shape index (κ1) is 9.98. The fourth-order valence-corrected chi connectivity index (χ4v) is 1.18. The Morgan fingerprint density at radius 1 is 1.54 bits per heavy atom. The monoisotopic (exact) mass is 183 g/mol. The Balaban J connectivity index is 2.34. The van der Waals surface area contributed by atoms with Gasteiger partial charge in [0.1, 0.15) is 6.34 Å². The zero-order valence-corrected chi connectivity index (χ0v) is 7.94. The second-order valence-corrected chi connectivity index (χ2v) is 3.44. The zero-order chi connectivity index (χ0) is 9.68. The summed E-state index contributed by atoms with van der Waals surface area (Å²) in [5.41, 5.74) is 3.58. The average molecular weight is 183 g/mol. The number of nitrogens with zero attached hydrogens (tertiary/aromatic N) is 3. The SMILES string of the molecule is CC(C)CC(CO)NC1=N[N]C=N1. The van der Waals surface area contributed by atoms with E-state index < -0.39 is 0 Å². The molecule has 1 atom stereocenters. The van der Waals surface area contributed by atoms with Crippen LogP contribution < -0.4 is 10.7 Å². The molecular weight excluding hydrogens is 168 g/mol. The largest absolute Gasteiger partial charge is 0.394 e. The van der Waals surface area contributed by atoms with Gasteiger partial charge in [-0.15, -0.1) is 10.5 Å². The minimum Gasteiger partial charge on any atom is -0.394 e. The van der Waals surface area contributed by atoms with Crippen LogP contribution in [0, 0.1) is 5.92 Å². The first-order valence-corrected chi connectivity index (χ1v) is 4.40. The second-order valence-electron chi connectivity index (χ2n) is 3.44. The van der Waals surface area contributed by atoms with Crippen LogP contribution in [0.5, 0.6) is 0 Å². The van der Waals surface area contributed by atoms with Crippen molar-refractivity contribution < 1.29 is 5.11 Å². The number of guanidine groups is 1. The summed E-state index contributed by atoms with van der Waals surface area (Å²) in [6.07, 6.45) is 2.27. The van der Waals surface area contributed by atoms with E-state index in [0.717, 1.165) is 6.42 Å². The molecule has 73 valence electrons. The molecule has 1 aliphatic rings. The van der Waals surface area contributed by atoms with E-state index in [1.807, 2.05) is 0 Å². The predicted molar refractivity (Wildman–Crippen MR) is 51.5 cm³/mol. The lowest BCUT2D eigenvalue weighted by atomic mass is 10.0. The maximum atomic E-state index is 9.04. The lowest BCUT2D eigenvalue weighted by molar-refractivity contribution is 0.238. The third-order valence-electron chi connectivity index (χ3n) is 1.69. The fourth-order valence-electron chi connectivity index (χ4n) is 1.18. The Bertz CT molecular complexity index is 212. The van der Waals surface area contributed by atoms with Crippen molar-refractivity contribution in [2.45, 2.75) is 26.3 Å². The molecule has 0 aliphatic carbocycles. The van der Waals surface area contributed by atoms with Gasteiger partial charge in [0.25, 0.3) is 0 Å². The molecule has 1 unspecified atom stereocenters. The lowest BCUT2D eigenvalue weighted by Crippen LogP contribution is -2.37. The topological polar surface area (TPSA) is 71.1 Å². The van der Waals surface area contributed by atoms with Crippen LogP contribution in [-0.2, 0) is 0 Å². The van der Waals surface area contributed by atoms with E-state index in [-0.39, 0.29) is 12.6 Å². The highest BCUT2D eigenvalue weighted by molar-refractivity contribution is 5.90. The third kappa shape index (κ3) is 3.42. The van der Waals surface area contributed by atoms with Gasteiger partial charge in [-0.2, -0.15) is 4.99 Å². The van der Waals surface area contributed by atoms with Crippen LogP contribution in [0.15, 0.2) is 10.1 Å². The van der Waals surface area contributed by atoms with Gasteiger partial charge in [0.05, 0.1) is 12.6 Å². The Kier molecular flexibility index (Phi) is 3.70. The van der Waals surface area contributed by atoms with Crippen LogP contribution in [0.1, 0.15) is 20.3 Å². The smallest absolute Gasteiger partial charge is 0.244 e. The molecule has 1 rings (SSSR count).